The number of hydrogen-bond donors (Lipinski definition) is 0. The molecular formula is C10H10BrF3. The molecule has 78 valence electrons. The molecule has 4 heteroatoms. The monoisotopic (exact) mass is 266 g/mol. The van der Waals surface area contributed by atoms with Crippen LogP contribution in [0, 0.1) is 5.82 Å². The fourth-order valence-electron chi connectivity index (χ4n) is 1.17. The van der Waals surface area contributed by atoms with Gasteiger partial charge < -0.3 is 0 Å². The molecule has 0 nitrogen and oxygen atoms in total. The molecule has 0 aliphatic rings. The third-order valence-corrected chi connectivity index (χ3v) is 2.46. The number of aryl methyl sites for hydroxylation is 1. The Morgan fingerprint density at radius 2 is 2.00 bits per heavy atom. The molecule has 0 N–H and O–H groups in total. The third kappa shape index (κ3) is 3.01. The Labute approximate surface area is 89.3 Å². The highest BCUT2D eigenvalue weighted by Crippen LogP contribution is 2.23. The van der Waals surface area contributed by atoms with E-state index < -0.39 is 17.8 Å². The van der Waals surface area contributed by atoms with Crippen molar-refractivity contribution in [1.29, 1.82) is 0 Å². The van der Waals surface area contributed by atoms with Gasteiger partial charge in [-0.25, -0.2) is 13.2 Å². The van der Waals surface area contributed by atoms with E-state index in [0.29, 0.717) is 6.42 Å². The molecule has 0 aliphatic carbocycles. The van der Waals surface area contributed by atoms with Crippen molar-refractivity contribution in [3.8, 4) is 0 Å². The van der Waals surface area contributed by atoms with Crippen molar-refractivity contribution in [3.63, 3.8) is 0 Å². The van der Waals surface area contributed by atoms with E-state index in [-0.39, 0.29) is 0 Å². The highest BCUT2D eigenvalue weighted by molar-refractivity contribution is 9.09. The van der Waals surface area contributed by atoms with Gasteiger partial charge in [0, 0.05) is 5.33 Å². The zero-order valence-corrected chi connectivity index (χ0v) is 9.03. The van der Waals surface area contributed by atoms with Crippen molar-refractivity contribution in [3.05, 3.63) is 35.1 Å². The van der Waals surface area contributed by atoms with Gasteiger partial charge in [-0.1, -0.05) is 28.1 Å². The maximum absolute atomic E-state index is 13.0. The van der Waals surface area contributed by atoms with Crippen LogP contribution >= 0.6 is 15.9 Å². The molecule has 0 atom stereocenters. The van der Waals surface area contributed by atoms with Crippen LogP contribution in [0.2, 0.25) is 0 Å². The van der Waals surface area contributed by atoms with Crippen LogP contribution < -0.4 is 0 Å². The zero-order chi connectivity index (χ0) is 10.6. The molecule has 14 heavy (non-hydrogen) atoms. The molecule has 0 bridgehead atoms. The fourth-order valence-corrected chi connectivity index (χ4v) is 1.45. The smallest absolute Gasteiger partial charge is 0.206 e. The summed E-state index contributed by atoms with van der Waals surface area (Å²) in [5, 5.41) is 0.825. The van der Waals surface area contributed by atoms with Gasteiger partial charge in [0.25, 0.3) is 6.43 Å². The summed E-state index contributed by atoms with van der Waals surface area (Å²) in [5.41, 5.74) is 0.235. The summed E-state index contributed by atoms with van der Waals surface area (Å²) >= 11 is 3.25. The Morgan fingerprint density at radius 3 is 2.50 bits per heavy atom. The van der Waals surface area contributed by atoms with Gasteiger partial charge in [-0.3, -0.25) is 0 Å². The minimum Gasteiger partial charge on any atom is -0.206 e. The summed E-state index contributed by atoms with van der Waals surface area (Å²) in [6, 6.07) is 3.89. The predicted molar refractivity (Wildman–Crippen MR) is 53.5 cm³/mol. The van der Waals surface area contributed by atoms with Gasteiger partial charge in [0.1, 0.15) is 5.82 Å². The van der Waals surface area contributed by atoms with Crippen LogP contribution in [0.4, 0.5) is 13.2 Å². The summed E-state index contributed by atoms with van der Waals surface area (Å²) in [4.78, 5) is 0. The molecule has 0 spiro atoms. The second kappa shape index (κ2) is 5.39. The Hall–Kier alpha value is -0.510. The molecule has 0 aromatic heterocycles. The van der Waals surface area contributed by atoms with E-state index in [4.69, 9.17) is 0 Å². The first-order chi connectivity index (χ1) is 6.65. The van der Waals surface area contributed by atoms with Crippen molar-refractivity contribution < 1.29 is 13.2 Å². The quantitative estimate of drug-likeness (QED) is 0.721. The Bertz CT molecular complexity index is 299. The normalized spacial score (nSPS) is 10.9. The van der Waals surface area contributed by atoms with Gasteiger partial charge in [-0.15, -0.1) is 0 Å². The van der Waals surface area contributed by atoms with E-state index in [0.717, 1.165) is 23.4 Å². The zero-order valence-electron chi connectivity index (χ0n) is 7.44. The van der Waals surface area contributed by atoms with Crippen LogP contribution in [0.5, 0.6) is 0 Å². The minimum absolute atomic E-state index is 0.521. The molecule has 1 aromatic rings. The summed E-state index contributed by atoms with van der Waals surface area (Å²) in [5.74, 6) is -0.813. The lowest BCUT2D eigenvalue weighted by Crippen LogP contribution is -1.94. The Morgan fingerprint density at radius 1 is 1.29 bits per heavy atom. The van der Waals surface area contributed by atoms with E-state index in [1.807, 2.05) is 0 Å². The van der Waals surface area contributed by atoms with E-state index in [1.165, 1.54) is 6.07 Å². The van der Waals surface area contributed by atoms with Gasteiger partial charge in [0.05, 0.1) is 5.56 Å². The Kier molecular flexibility index (Phi) is 4.45. The van der Waals surface area contributed by atoms with E-state index in [1.54, 1.807) is 6.07 Å². The van der Waals surface area contributed by atoms with Crippen molar-refractivity contribution >= 4 is 15.9 Å². The largest absolute Gasteiger partial charge is 0.266 e. The highest BCUT2D eigenvalue weighted by atomic mass is 79.9. The van der Waals surface area contributed by atoms with Gasteiger partial charge in [0.2, 0.25) is 0 Å². The average Bonchev–Trinajstić information content (AvgIpc) is 2.14. The summed E-state index contributed by atoms with van der Waals surface area (Å²) < 4.78 is 37.4. The van der Waals surface area contributed by atoms with Crippen LogP contribution in [-0.4, -0.2) is 5.33 Å². The van der Waals surface area contributed by atoms with Crippen LogP contribution in [0.15, 0.2) is 18.2 Å². The van der Waals surface area contributed by atoms with Gasteiger partial charge >= 0.3 is 0 Å². The van der Waals surface area contributed by atoms with Crippen molar-refractivity contribution in [2.24, 2.45) is 0 Å². The minimum atomic E-state index is -2.74. The lowest BCUT2D eigenvalue weighted by molar-refractivity contribution is 0.146. The lowest BCUT2D eigenvalue weighted by Gasteiger charge is -2.04. The molecule has 0 amide bonds. The van der Waals surface area contributed by atoms with Crippen molar-refractivity contribution in [2.75, 3.05) is 5.33 Å². The number of rotatable bonds is 4. The van der Waals surface area contributed by atoms with E-state index in [2.05, 4.69) is 15.9 Å². The Balaban J connectivity index is 2.78. The van der Waals surface area contributed by atoms with Gasteiger partial charge in [-0.2, -0.15) is 0 Å². The fraction of sp³-hybridized carbons (Fsp3) is 0.400. The topological polar surface area (TPSA) is 0 Å². The molecule has 0 heterocycles. The van der Waals surface area contributed by atoms with Crippen molar-refractivity contribution in [2.45, 2.75) is 19.3 Å². The second-order valence-corrected chi connectivity index (χ2v) is 3.74. The predicted octanol–water partition coefficient (Wildman–Crippen LogP) is 4.09. The first-order valence-corrected chi connectivity index (χ1v) is 5.39. The average molecular weight is 267 g/mol. The number of benzene rings is 1. The van der Waals surface area contributed by atoms with Crippen LogP contribution in [0.3, 0.4) is 0 Å². The summed E-state index contributed by atoms with van der Waals surface area (Å²) in [7, 11) is 0. The highest BCUT2D eigenvalue weighted by Gasteiger charge is 2.12. The summed E-state index contributed by atoms with van der Waals surface area (Å²) in [6.07, 6.45) is -1.17. The molecule has 0 unspecified atom stereocenters. The lowest BCUT2D eigenvalue weighted by atomic mass is 10.1. The first kappa shape index (κ1) is 11.6. The molecule has 0 radical (unpaired) electrons. The molecule has 0 aliphatic heterocycles. The second-order valence-electron chi connectivity index (χ2n) is 2.95. The molecule has 1 aromatic carbocycles. The molecule has 0 fully saturated rings. The maximum atomic E-state index is 13.0. The SMILES string of the molecule is Fc1cc(CCCBr)ccc1C(F)F. The van der Waals surface area contributed by atoms with Crippen LogP contribution in [0.25, 0.3) is 0 Å². The first-order valence-electron chi connectivity index (χ1n) is 4.27. The standard InChI is InChI=1S/C10H10BrF3/c11-5-1-2-7-3-4-8(10(13)14)9(12)6-7/h3-4,6,10H,1-2,5H2. The van der Waals surface area contributed by atoms with Crippen LogP contribution in [0.1, 0.15) is 24.0 Å². The number of alkyl halides is 3. The molecular weight excluding hydrogens is 257 g/mol. The number of hydrogen-bond acceptors (Lipinski definition) is 0. The van der Waals surface area contributed by atoms with Gasteiger partial charge in [-0.05, 0) is 24.5 Å². The molecule has 0 saturated heterocycles. The van der Waals surface area contributed by atoms with Crippen LogP contribution in [-0.2, 0) is 6.42 Å². The van der Waals surface area contributed by atoms with E-state index in [9.17, 15) is 13.2 Å². The maximum Gasteiger partial charge on any atom is 0.266 e. The van der Waals surface area contributed by atoms with Crippen molar-refractivity contribution in [1.82, 2.24) is 0 Å². The number of halogens is 4. The third-order valence-electron chi connectivity index (χ3n) is 1.90. The van der Waals surface area contributed by atoms with E-state index >= 15 is 0 Å². The molecule has 1 rings (SSSR count). The van der Waals surface area contributed by atoms with Gasteiger partial charge in [0.15, 0.2) is 0 Å². The molecule has 0 saturated carbocycles. The summed E-state index contributed by atoms with van der Waals surface area (Å²) in [6.45, 7) is 0.